The maximum atomic E-state index is 13.1. The summed E-state index contributed by atoms with van der Waals surface area (Å²) in [7, 11) is 0. The highest BCUT2D eigenvalue weighted by Crippen LogP contribution is 2.24. The zero-order valence-corrected chi connectivity index (χ0v) is 9.94. The number of aliphatic hydroxyl groups excluding tert-OH is 1. The van der Waals surface area contributed by atoms with Gasteiger partial charge in [-0.15, -0.1) is 0 Å². The van der Waals surface area contributed by atoms with E-state index in [1.807, 2.05) is 32.0 Å². The molecule has 2 heteroatoms. The normalized spacial score (nSPS) is 12.5. The number of benzene rings is 2. The van der Waals surface area contributed by atoms with Gasteiger partial charge in [-0.3, -0.25) is 0 Å². The standard InChI is InChI=1S/C15H15FO/c1-10-6-7-13(8-11(10)2)15(17)12-4-3-5-14(16)9-12/h3-9,15,17H,1-2H3/t15-/m1/s1. The van der Waals surface area contributed by atoms with E-state index in [0.29, 0.717) is 5.56 Å². The van der Waals surface area contributed by atoms with E-state index in [1.54, 1.807) is 12.1 Å². The molecule has 0 saturated heterocycles. The van der Waals surface area contributed by atoms with Gasteiger partial charge in [0.15, 0.2) is 0 Å². The smallest absolute Gasteiger partial charge is 0.123 e. The number of hydrogen-bond acceptors (Lipinski definition) is 1. The first-order chi connectivity index (χ1) is 8.08. The molecule has 0 aliphatic carbocycles. The molecule has 0 heterocycles. The second kappa shape index (κ2) is 4.68. The third-order valence-electron chi connectivity index (χ3n) is 3.01. The molecule has 1 atom stereocenters. The van der Waals surface area contributed by atoms with Gasteiger partial charge in [-0.25, -0.2) is 4.39 Å². The highest BCUT2D eigenvalue weighted by Gasteiger charge is 2.11. The van der Waals surface area contributed by atoms with Crippen LogP contribution in [0.15, 0.2) is 42.5 Å². The Morgan fingerprint density at radius 3 is 2.29 bits per heavy atom. The number of rotatable bonds is 2. The van der Waals surface area contributed by atoms with Crippen LogP contribution in [0.3, 0.4) is 0 Å². The Hall–Kier alpha value is -1.67. The fourth-order valence-electron chi connectivity index (χ4n) is 1.80. The summed E-state index contributed by atoms with van der Waals surface area (Å²) in [5, 5.41) is 10.2. The maximum absolute atomic E-state index is 13.1. The first-order valence-electron chi connectivity index (χ1n) is 5.58. The monoisotopic (exact) mass is 230 g/mol. The predicted molar refractivity (Wildman–Crippen MR) is 66.4 cm³/mol. The van der Waals surface area contributed by atoms with Crippen molar-refractivity contribution in [2.24, 2.45) is 0 Å². The molecule has 0 radical (unpaired) electrons. The van der Waals surface area contributed by atoms with Crippen LogP contribution >= 0.6 is 0 Å². The van der Waals surface area contributed by atoms with Crippen molar-refractivity contribution in [3.05, 3.63) is 70.5 Å². The molecule has 0 fully saturated rings. The minimum atomic E-state index is -0.773. The SMILES string of the molecule is Cc1ccc([C@H](O)c2cccc(F)c2)cc1C. The molecule has 88 valence electrons. The Balaban J connectivity index is 2.36. The van der Waals surface area contributed by atoms with Gasteiger partial charge in [0, 0.05) is 0 Å². The largest absolute Gasteiger partial charge is 0.384 e. The molecule has 1 N–H and O–H groups in total. The van der Waals surface area contributed by atoms with Crippen LogP contribution in [0.2, 0.25) is 0 Å². The van der Waals surface area contributed by atoms with Gasteiger partial charge in [-0.05, 0) is 48.2 Å². The molecule has 2 aromatic carbocycles. The Kier molecular flexibility index (Phi) is 3.25. The second-order valence-electron chi connectivity index (χ2n) is 4.30. The third-order valence-corrected chi connectivity index (χ3v) is 3.01. The number of aliphatic hydroxyl groups is 1. The van der Waals surface area contributed by atoms with Gasteiger partial charge < -0.3 is 5.11 Å². The van der Waals surface area contributed by atoms with Crippen molar-refractivity contribution in [3.8, 4) is 0 Å². The summed E-state index contributed by atoms with van der Waals surface area (Å²) in [4.78, 5) is 0. The van der Waals surface area contributed by atoms with E-state index in [1.165, 1.54) is 17.7 Å². The zero-order valence-electron chi connectivity index (χ0n) is 9.94. The zero-order chi connectivity index (χ0) is 12.4. The summed E-state index contributed by atoms with van der Waals surface area (Å²) in [6.45, 7) is 4.02. The van der Waals surface area contributed by atoms with Gasteiger partial charge in [0.2, 0.25) is 0 Å². The fourth-order valence-corrected chi connectivity index (χ4v) is 1.80. The van der Waals surface area contributed by atoms with Crippen LogP contribution in [0.5, 0.6) is 0 Å². The lowest BCUT2D eigenvalue weighted by Gasteiger charge is -2.13. The van der Waals surface area contributed by atoms with Crippen LogP contribution in [0.4, 0.5) is 4.39 Å². The quantitative estimate of drug-likeness (QED) is 0.836. The van der Waals surface area contributed by atoms with E-state index in [0.717, 1.165) is 11.1 Å². The van der Waals surface area contributed by atoms with Gasteiger partial charge in [-0.2, -0.15) is 0 Å². The summed E-state index contributed by atoms with van der Waals surface area (Å²) in [6.07, 6.45) is -0.773. The molecule has 2 rings (SSSR count). The first-order valence-corrected chi connectivity index (χ1v) is 5.58. The molecular weight excluding hydrogens is 215 g/mol. The molecule has 1 nitrogen and oxygen atoms in total. The molecule has 17 heavy (non-hydrogen) atoms. The van der Waals surface area contributed by atoms with Crippen molar-refractivity contribution in [3.63, 3.8) is 0 Å². The fraction of sp³-hybridized carbons (Fsp3) is 0.200. The van der Waals surface area contributed by atoms with Crippen molar-refractivity contribution in [1.82, 2.24) is 0 Å². The van der Waals surface area contributed by atoms with Gasteiger partial charge >= 0.3 is 0 Å². The Morgan fingerprint density at radius 1 is 0.941 bits per heavy atom. The lowest BCUT2D eigenvalue weighted by Crippen LogP contribution is -2.00. The average Bonchev–Trinajstić information content (AvgIpc) is 2.32. The molecule has 0 aliphatic rings. The molecule has 0 spiro atoms. The lowest BCUT2D eigenvalue weighted by atomic mass is 9.98. The molecule has 0 bridgehead atoms. The molecular formula is C15H15FO. The van der Waals surface area contributed by atoms with Crippen molar-refractivity contribution < 1.29 is 9.50 Å². The molecule has 0 amide bonds. The van der Waals surface area contributed by atoms with Crippen LogP contribution in [-0.2, 0) is 0 Å². The van der Waals surface area contributed by atoms with E-state index in [4.69, 9.17) is 0 Å². The summed E-state index contributed by atoms with van der Waals surface area (Å²) in [5.74, 6) is -0.328. The summed E-state index contributed by atoms with van der Waals surface area (Å²) >= 11 is 0. The molecule has 0 saturated carbocycles. The second-order valence-corrected chi connectivity index (χ2v) is 4.30. The van der Waals surface area contributed by atoms with E-state index in [9.17, 15) is 9.50 Å². The van der Waals surface area contributed by atoms with Crippen molar-refractivity contribution in [2.75, 3.05) is 0 Å². The molecule has 0 unspecified atom stereocenters. The topological polar surface area (TPSA) is 20.2 Å². The minimum Gasteiger partial charge on any atom is -0.384 e. The van der Waals surface area contributed by atoms with Crippen LogP contribution in [-0.4, -0.2) is 5.11 Å². The van der Waals surface area contributed by atoms with Gasteiger partial charge in [0.05, 0.1) is 0 Å². The summed E-state index contributed by atoms with van der Waals surface area (Å²) in [6, 6.07) is 11.8. The van der Waals surface area contributed by atoms with Gasteiger partial charge in [-0.1, -0.05) is 30.3 Å². The number of hydrogen-bond donors (Lipinski definition) is 1. The van der Waals surface area contributed by atoms with Crippen LogP contribution in [0.25, 0.3) is 0 Å². The predicted octanol–water partition coefficient (Wildman–Crippen LogP) is 3.52. The summed E-state index contributed by atoms with van der Waals surface area (Å²) in [5.41, 5.74) is 3.67. The Labute approximate surface area is 101 Å². The van der Waals surface area contributed by atoms with Gasteiger partial charge in [0.1, 0.15) is 11.9 Å². The number of aryl methyl sites for hydroxylation is 2. The van der Waals surface area contributed by atoms with Crippen LogP contribution < -0.4 is 0 Å². The van der Waals surface area contributed by atoms with E-state index >= 15 is 0 Å². The van der Waals surface area contributed by atoms with Crippen molar-refractivity contribution in [1.29, 1.82) is 0 Å². The van der Waals surface area contributed by atoms with Crippen molar-refractivity contribution >= 4 is 0 Å². The highest BCUT2D eigenvalue weighted by molar-refractivity contribution is 5.35. The minimum absolute atomic E-state index is 0.328. The average molecular weight is 230 g/mol. The Morgan fingerprint density at radius 2 is 1.65 bits per heavy atom. The Bertz CT molecular complexity index is 534. The number of halogens is 1. The first kappa shape index (κ1) is 11.8. The summed E-state index contributed by atoms with van der Waals surface area (Å²) < 4.78 is 13.1. The third kappa shape index (κ3) is 2.53. The van der Waals surface area contributed by atoms with Crippen LogP contribution in [0.1, 0.15) is 28.4 Å². The van der Waals surface area contributed by atoms with E-state index in [2.05, 4.69) is 0 Å². The van der Waals surface area contributed by atoms with Gasteiger partial charge in [0.25, 0.3) is 0 Å². The highest BCUT2D eigenvalue weighted by atomic mass is 19.1. The molecule has 2 aromatic rings. The van der Waals surface area contributed by atoms with E-state index < -0.39 is 6.10 Å². The van der Waals surface area contributed by atoms with Crippen molar-refractivity contribution in [2.45, 2.75) is 20.0 Å². The maximum Gasteiger partial charge on any atom is 0.123 e. The van der Waals surface area contributed by atoms with E-state index in [-0.39, 0.29) is 5.82 Å². The lowest BCUT2D eigenvalue weighted by molar-refractivity contribution is 0.219. The molecule has 0 aliphatic heterocycles. The molecule has 0 aromatic heterocycles. The van der Waals surface area contributed by atoms with Crippen LogP contribution in [0, 0.1) is 19.7 Å².